The SMILES string of the molecule is CC(=O)N(Cc1cccc(-c2cccc(C)n2)n1)Cc1cccc(-c2cccc(C)n2)n1. The number of amides is 1. The van der Waals surface area contributed by atoms with Crippen LogP contribution in [-0.4, -0.2) is 30.7 Å². The number of hydrogen-bond donors (Lipinski definition) is 0. The number of aromatic nitrogens is 4. The average Bonchev–Trinajstić information content (AvgIpc) is 2.79. The lowest BCUT2D eigenvalue weighted by Crippen LogP contribution is -2.28. The molecule has 0 saturated carbocycles. The van der Waals surface area contributed by atoms with Gasteiger partial charge in [-0.2, -0.15) is 0 Å². The fraction of sp³-hybridized carbons (Fsp3) is 0.192. The summed E-state index contributed by atoms with van der Waals surface area (Å²) in [6.07, 6.45) is 0. The van der Waals surface area contributed by atoms with Crippen LogP contribution in [-0.2, 0) is 17.9 Å². The van der Waals surface area contributed by atoms with Gasteiger partial charge in [0.15, 0.2) is 0 Å². The summed E-state index contributed by atoms with van der Waals surface area (Å²) in [6.45, 7) is 6.27. The molecule has 4 aromatic rings. The van der Waals surface area contributed by atoms with E-state index in [0.29, 0.717) is 13.1 Å². The zero-order valence-electron chi connectivity index (χ0n) is 18.5. The number of carbonyl (C=O) groups is 1. The van der Waals surface area contributed by atoms with Crippen LogP contribution in [0.3, 0.4) is 0 Å². The van der Waals surface area contributed by atoms with E-state index in [1.165, 1.54) is 0 Å². The summed E-state index contributed by atoms with van der Waals surface area (Å²) in [5.41, 5.74) is 6.71. The molecule has 0 aliphatic rings. The predicted molar refractivity (Wildman–Crippen MR) is 124 cm³/mol. The van der Waals surface area contributed by atoms with Crippen molar-refractivity contribution in [2.24, 2.45) is 0 Å². The average molecular weight is 424 g/mol. The zero-order chi connectivity index (χ0) is 22.5. The van der Waals surface area contributed by atoms with Gasteiger partial charge in [0.2, 0.25) is 5.91 Å². The third-order valence-electron chi connectivity index (χ3n) is 5.07. The highest BCUT2D eigenvalue weighted by atomic mass is 16.2. The lowest BCUT2D eigenvalue weighted by Gasteiger charge is -2.21. The Labute approximate surface area is 188 Å². The summed E-state index contributed by atoms with van der Waals surface area (Å²) >= 11 is 0. The molecule has 0 radical (unpaired) electrons. The largest absolute Gasteiger partial charge is 0.331 e. The van der Waals surface area contributed by atoms with E-state index in [0.717, 1.165) is 45.6 Å². The summed E-state index contributed by atoms with van der Waals surface area (Å²) < 4.78 is 0. The van der Waals surface area contributed by atoms with Gasteiger partial charge in [0.25, 0.3) is 0 Å². The molecule has 4 heterocycles. The second kappa shape index (κ2) is 9.47. The summed E-state index contributed by atoms with van der Waals surface area (Å²) in [6, 6.07) is 23.3. The monoisotopic (exact) mass is 423 g/mol. The maximum absolute atomic E-state index is 12.4. The van der Waals surface area contributed by atoms with Gasteiger partial charge in [0.05, 0.1) is 47.3 Å². The quantitative estimate of drug-likeness (QED) is 0.447. The Morgan fingerprint density at radius 2 is 1.00 bits per heavy atom. The van der Waals surface area contributed by atoms with E-state index in [2.05, 4.69) is 9.97 Å². The van der Waals surface area contributed by atoms with E-state index < -0.39 is 0 Å². The van der Waals surface area contributed by atoms with Crippen LogP contribution in [0.2, 0.25) is 0 Å². The summed E-state index contributed by atoms with van der Waals surface area (Å²) in [5.74, 6) is -0.0354. The molecule has 6 nitrogen and oxygen atoms in total. The lowest BCUT2D eigenvalue weighted by atomic mass is 10.2. The van der Waals surface area contributed by atoms with Gasteiger partial charge < -0.3 is 4.90 Å². The molecule has 0 aliphatic heterocycles. The van der Waals surface area contributed by atoms with E-state index in [1.54, 1.807) is 11.8 Å². The number of carbonyl (C=O) groups excluding carboxylic acids is 1. The van der Waals surface area contributed by atoms with Crippen molar-refractivity contribution >= 4 is 5.91 Å². The van der Waals surface area contributed by atoms with Gasteiger partial charge in [0.1, 0.15) is 0 Å². The van der Waals surface area contributed by atoms with Crippen molar-refractivity contribution in [3.05, 3.63) is 95.6 Å². The molecule has 160 valence electrons. The Morgan fingerprint density at radius 3 is 1.38 bits per heavy atom. The van der Waals surface area contributed by atoms with Gasteiger partial charge in [-0.05, 0) is 62.4 Å². The third-order valence-corrected chi connectivity index (χ3v) is 5.07. The minimum Gasteiger partial charge on any atom is -0.331 e. The molecule has 0 spiro atoms. The van der Waals surface area contributed by atoms with E-state index in [4.69, 9.17) is 9.97 Å². The van der Waals surface area contributed by atoms with Crippen molar-refractivity contribution in [1.29, 1.82) is 0 Å². The lowest BCUT2D eigenvalue weighted by molar-refractivity contribution is -0.130. The molecule has 4 rings (SSSR count). The molecule has 0 aromatic carbocycles. The molecule has 0 fully saturated rings. The van der Waals surface area contributed by atoms with Crippen molar-refractivity contribution < 1.29 is 4.79 Å². The topological polar surface area (TPSA) is 71.9 Å². The second-order valence-electron chi connectivity index (χ2n) is 7.73. The first-order valence-electron chi connectivity index (χ1n) is 10.5. The number of rotatable bonds is 6. The number of pyridine rings is 4. The maximum Gasteiger partial charge on any atom is 0.220 e. The molecular formula is C26H25N5O. The molecule has 0 atom stereocenters. The number of nitrogens with zero attached hydrogens (tertiary/aromatic N) is 5. The zero-order valence-corrected chi connectivity index (χ0v) is 18.5. The first-order valence-corrected chi connectivity index (χ1v) is 10.5. The van der Waals surface area contributed by atoms with Crippen molar-refractivity contribution in [3.8, 4) is 22.8 Å². The summed E-state index contributed by atoms with van der Waals surface area (Å²) in [4.78, 5) is 32.7. The second-order valence-corrected chi connectivity index (χ2v) is 7.73. The molecule has 0 bridgehead atoms. The summed E-state index contributed by atoms with van der Waals surface area (Å²) in [7, 11) is 0. The van der Waals surface area contributed by atoms with Crippen LogP contribution in [0.25, 0.3) is 22.8 Å². The third kappa shape index (κ3) is 5.21. The molecule has 0 unspecified atom stereocenters. The Bertz CT molecular complexity index is 1160. The van der Waals surface area contributed by atoms with Gasteiger partial charge in [-0.15, -0.1) is 0 Å². The van der Waals surface area contributed by atoms with Gasteiger partial charge in [0, 0.05) is 18.3 Å². The van der Waals surface area contributed by atoms with Crippen LogP contribution in [0.15, 0.2) is 72.8 Å². The molecular weight excluding hydrogens is 398 g/mol. The van der Waals surface area contributed by atoms with Crippen molar-refractivity contribution in [3.63, 3.8) is 0 Å². The Hall–Kier alpha value is -3.93. The van der Waals surface area contributed by atoms with E-state index in [-0.39, 0.29) is 5.91 Å². The van der Waals surface area contributed by atoms with Crippen molar-refractivity contribution in [2.45, 2.75) is 33.9 Å². The van der Waals surface area contributed by atoms with Crippen molar-refractivity contribution in [1.82, 2.24) is 24.8 Å². The normalized spacial score (nSPS) is 10.7. The highest BCUT2D eigenvalue weighted by Gasteiger charge is 2.14. The fourth-order valence-corrected chi connectivity index (χ4v) is 3.46. The Kier molecular flexibility index (Phi) is 6.31. The van der Waals surface area contributed by atoms with E-state index in [9.17, 15) is 4.79 Å². The highest BCUT2D eigenvalue weighted by Crippen LogP contribution is 2.18. The van der Waals surface area contributed by atoms with E-state index in [1.807, 2.05) is 86.6 Å². The smallest absolute Gasteiger partial charge is 0.220 e. The number of hydrogen-bond acceptors (Lipinski definition) is 5. The maximum atomic E-state index is 12.4. The van der Waals surface area contributed by atoms with Crippen molar-refractivity contribution in [2.75, 3.05) is 0 Å². The Morgan fingerprint density at radius 1 is 0.625 bits per heavy atom. The van der Waals surface area contributed by atoms with Crippen LogP contribution in [0.1, 0.15) is 29.7 Å². The van der Waals surface area contributed by atoms with Crippen LogP contribution in [0.5, 0.6) is 0 Å². The molecule has 0 N–H and O–H groups in total. The van der Waals surface area contributed by atoms with Crippen LogP contribution < -0.4 is 0 Å². The first kappa shape index (κ1) is 21.3. The first-order chi connectivity index (χ1) is 15.5. The van der Waals surface area contributed by atoms with Gasteiger partial charge in [-0.25, -0.2) is 9.97 Å². The standard InChI is InChI=1S/C26H25N5O/c1-18-8-4-12-23(27-18)25-14-6-10-21(29-25)16-31(20(3)32)17-22-11-7-15-26(30-22)24-13-5-9-19(2)28-24/h4-15H,16-17H2,1-3H3. The molecule has 6 heteroatoms. The highest BCUT2D eigenvalue weighted by molar-refractivity contribution is 5.73. The molecule has 32 heavy (non-hydrogen) atoms. The Balaban J connectivity index is 1.55. The predicted octanol–water partition coefficient (Wildman–Crippen LogP) is 4.77. The summed E-state index contributed by atoms with van der Waals surface area (Å²) in [5, 5.41) is 0. The van der Waals surface area contributed by atoms with Gasteiger partial charge in [-0.1, -0.05) is 24.3 Å². The van der Waals surface area contributed by atoms with Gasteiger partial charge in [-0.3, -0.25) is 14.8 Å². The van der Waals surface area contributed by atoms with Gasteiger partial charge >= 0.3 is 0 Å². The molecule has 0 aliphatic carbocycles. The van der Waals surface area contributed by atoms with Crippen LogP contribution >= 0.6 is 0 Å². The molecule has 1 amide bonds. The van der Waals surface area contributed by atoms with Crippen LogP contribution in [0.4, 0.5) is 0 Å². The molecule has 4 aromatic heterocycles. The molecule has 0 saturated heterocycles. The fourth-order valence-electron chi connectivity index (χ4n) is 3.46. The minimum absolute atomic E-state index is 0.0354. The van der Waals surface area contributed by atoms with Crippen LogP contribution in [0, 0.1) is 13.8 Å². The minimum atomic E-state index is -0.0354. The number of aryl methyl sites for hydroxylation is 2. The van der Waals surface area contributed by atoms with E-state index >= 15 is 0 Å².